The van der Waals surface area contributed by atoms with E-state index in [1.165, 1.54) is 12.1 Å². The smallest absolute Gasteiger partial charge is 0.179 e. The zero-order chi connectivity index (χ0) is 15.2. The molecule has 0 saturated carbocycles. The standard InChI is InChI=1S/C13H21N3O3S/c1-2-16(6-8-17)7-9-20(18,19)12-5-3-4-11(10-12)13(14)15/h3-5,10,17H,2,6-9H2,1H3,(H3,14,15). The van der Waals surface area contributed by atoms with Crippen molar-refractivity contribution in [3.63, 3.8) is 0 Å². The lowest BCUT2D eigenvalue weighted by Gasteiger charge is -2.18. The Hall–Kier alpha value is -1.44. The minimum atomic E-state index is -3.42. The number of benzene rings is 1. The van der Waals surface area contributed by atoms with Crippen LogP contribution in [0, 0.1) is 5.41 Å². The Bertz CT molecular complexity index is 558. The monoisotopic (exact) mass is 299 g/mol. The Kier molecular flexibility index (Phi) is 6.12. The van der Waals surface area contributed by atoms with Crippen LogP contribution in [0.5, 0.6) is 0 Å². The van der Waals surface area contributed by atoms with Gasteiger partial charge in [0.25, 0.3) is 0 Å². The number of amidine groups is 1. The first-order valence-corrected chi connectivity index (χ1v) is 8.06. The van der Waals surface area contributed by atoms with Crippen LogP contribution in [-0.4, -0.2) is 56.3 Å². The van der Waals surface area contributed by atoms with Gasteiger partial charge < -0.3 is 15.7 Å². The molecule has 0 radical (unpaired) electrons. The van der Waals surface area contributed by atoms with E-state index in [1.807, 2.05) is 11.8 Å². The Balaban J connectivity index is 2.83. The molecular formula is C13H21N3O3S. The summed E-state index contributed by atoms with van der Waals surface area (Å²) in [7, 11) is -3.42. The van der Waals surface area contributed by atoms with Gasteiger partial charge in [-0.05, 0) is 18.7 Å². The molecule has 112 valence electrons. The highest BCUT2D eigenvalue weighted by molar-refractivity contribution is 7.91. The van der Waals surface area contributed by atoms with E-state index in [9.17, 15) is 8.42 Å². The molecule has 0 aliphatic carbocycles. The molecule has 1 rings (SSSR count). The molecule has 4 N–H and O–H groups in total. The van der Waals surface area contributed by atoms with Crippen molar-refractivity contribution in [3.8, 4) is 0 Å². The third kappa shape index (κ3) is 4.59. The van der Waals surface area contributed by atoms with Crippen molar-refractivity contribution in [2.75, 3.05) is 32.0 Å². The quantitative estimate of drug-likeness (QED) is 0.465. The van der Waals surface area contributed by atoms with Crippen LogP contribution in [0.4, 0.5) is 0 Å². The van der Waals surface area contributed by atoms with Crippen LogP contribution >= 0.6 is 0 Å². The van der Waals surface area contributed by atoms with Gasteiger partial charge in [-0.15, -0.1) is 0 Å². The molecule has 0 bridgehead atoms. The van der Waals surface area contributed by atoms with Gasteiger partial charge in [-0.25, -0.2) is 8.42 Å². The molecule has 0 aliphatic heterocycles. The van der Waals surface area contributed by atoms with Crippen LogP contribution in [0.3, 0.4) is 0 Å². The summed E-state index contributed by atoms with van der Waals surface area (Å²) in [6.45, 7) is 3.43. The fraction of sp³-hybridized carbons (Fsp3) is 0.462. The van der Waals surface area contributed by atoms with E-state index in [-0.39, 0.29) is 23.1 Å². The maximum atomic E-state index is 12.2. The maximum Gasteiger partial charge on any atom is 0.179 e. The van der Waals surface area contributed by atoms with Gasteiger partial charge >= 0.3 is 0 Å². The number of nitrogen functional groups attached to an aromatic ring is 1. The Morgan fingerprint density at radius 2 is 2.10 bits per heavy atom. The SMILES string of the molecule is CCN(CCO)CCS(=O)(=O)c1cccc(C(=N)N)c1. The highest BCUT2D eigenvalue weighted by Crippen LogP contribution is 2.13. The number of aliphatic hydroxyl groups excluding tert-OH is 1. The molecule has 1 aromatic carbocycles. The summed E-state index contributed by atoms with van der Waals surface area (Å²) >= 11 is 0. The lowest BCUT2D eigenvalue weighted by molar-refractivity contribution is 0.209. The molecule has 0 atom stereocenters. The van der Waals surface area contributed by atoms with Crippen molar-refractivity contribution in [1.82, 2.24) is 4.90 Å². The van der Waals surface area contributed by atoms with Crippen molar-refractivity contribution >= 4 is 15.7 Å². The number of hydrogen-bond acceptors (Lipinski definition) is 5. The molecule has 20 heavy (non-hydrogen) atoms. The predicted octanol–water partition coefficient (Wildman–Crippen LogP) is 0.0586. The largest absolute Gasteiger partial charge is 0.395 e. The van der Waals surface area contributed by atoms with Crippen LogP contribution in [-0.2, 0) is 9.84 Å². The molecule has 0 heterocycles. The second-order valence-corrected chi connectivity index (χ2v) is 6.53. The molecule has 6 nitrogen and oxygen atoms in total. The van der Waals surface area contributed by atoms with E-state index in [0.29, 0.717) is 25.2 Å². The first kappa shape index (κ1) is 16.6. The van der Waals surface area contributed by atoms with Gasteiger partial charge in [-0.3, -0.25) is 5.41 Å². The minimum Gasteiger partial charge on any atom is -0.395 e. The number of likely N-dealkylation sites (N-methyl/N-ethyl adjacent to an activating group) is 1. The molecule has 0 unspecified atom stereocenters. The van der Waals surface area contributed by atoms with Gasteiger partial charge in [-0.2, -0.15) is 0 Å². The lowest BCUT2D eigenvalue weighted by Crippen LogP contribution is -2.31. The summed E-state index contributed by atoms with van der Waals surface area (Å²) in [6, 6.07) is 6.10. The van der Waals surface area contributed by atoms with Gasteiger partial charge in [0, 0.05) is 18.7 Å². The van der Waals surface area contributed by atoms with E-state index >= 15 is 0 Å². The topological polar surface area (TPSA) is 107 Å². The first-order valence-electron chi connectivity index (χ1n) is 6.41. The number of aliphatic hydroxyl groups is 1. The number of hydrogen-bond donors (Lipinski definition) is 3. The molecule has 0 saturated heterocycles. The van der Waals surface area contributed by atoms with Crippen molar-refractivity contribution in [1.29, 1.82) is 5.41 Å². The van der Waals surface area contributed by atoms with Crippen LogP contribution in [0.25, 0.3) is 0 Å². The molecule has 0 amide bonds. The summed E-state index contributed by atoms with van der Waals surface area (Å²) in [5, 5.41) is 16.2. The van der Waals surface area contributed by atoms with Crippen molar-refractivity contribution in [2.45, 2.75) is 11.8 Å². The van der Waals surface area contributed by atoms with Gasteiger partial charge in [0.2, 0.25) is 0 Å². The summed E-state index contributed by atoms with van der Waals surface area (Å²) < 4.78 is 24.5. The fourth-order valence-electron chi connectivity index (χ4n) is 1.79. The van der Waals surface area contributed by atoms with E-state index < -0.39 is 9.84 Å². The summed E-state index contributed by atoms with van der Waals surface area (Å²) in [5.74, 6) is -0.181. The van der Waals surface area contributed by atoms with Crippen LogP contribution in [0.2, 0.25) is 0 Å². The van der Waals surface area contributed by atoms with Gasteiger partial charge in [0.15, 0.2) is 9.84 Å². The molecule has 7 heteroatoms. The lowest BCUT2D eigenvalue weighted by atomic mass is 10.2. The molecule has 0 spiro atoms. The normalized spacial score (nSPS) is 11.8. The Morgan fingerprint density at radius 1 is 1.40 bits per heavy atom. The predicted molar refractivity (Wildman–Crippen MR) is 78.7 cm³/mol. The second kappa shape index (κ2) is 7.37. The third-order valence-electron chi connectivity index (χ3n) is 3.04. The van der Waals surface area contributed by atoms with E-state index in [4.69, 9.17) is 16.2 Å². The van der Waals surface area contributed by atoms with Crippen LogP contribution < -0.4 is 5.73 Å². The molecular weight excluding hydrogens is 278 g/mol. The Labute approximate surface area is 119 Å². The van der Waals surface area contributed by atoms with Gasteiger partial charge in [0.1, 0.15) is 5.84 Å². The van der Waals surface area contributed by atoms with Gasteiger partial charge in [-0.1, -0.05) is 19.1 Å². The van der Waals surface area contributed by atoms with Crippen molar-refractivity contribution < 1.29 is 13.5 Å². The van der Waals surface area contributed by atoms with E-state index in [1.54, 1.807) is 12.1 Å². The summed E-state index contributed by atoms with van der Waals surface area (Å²) in [4.78, 5) is 2.04. The number of sulfone groups is 1. The number of nitrogens with zero attached hydrogens (tertiary/aromatic N) is 1. The highest BCUT2D eigenvalue weighted by Gasteiger charge is 2.16. The maximum absolute atomic E-state index is 12.2. The minimum absolute atomic E-state index is 0.00765. The van der Waals surface area contributed by atoms with Gasteiger partial charge in [0.05, 0.1) is 17.3 Å². The average molecular weight is 299 g/mol. The zero-order valence-corrected chi connectivity index (χ0v) is 12.4. The average Bonchev–Trinajstić information content (AvgIpc) is 2.43. The summed E-state index contributed by atoms with van der Waals surface area (Å²) in [6.07, 6.45) is 0. The third-order valence-corrected chi connectivity index (χ3v) is 4.74. The molecule has 1 aromatic rings. The van der Waals surface area contributed by atoms with Crippen molar-refractivity contribution in [2.24, 2.45) is 5.73 Å². The van der Waals surface area contributed by atoms with E-state index in [0.717, 1.165) is 0 Å². The first-order chi connectivity index (χ1) is 9.40. The number of rotatable bonds is 8. The fourth-order valence-corrected chi connectivity index (χ4v) is 3.12. The second-order valence-electron chi connectivity index (χ2n) is 4.42. The molecule has 0 fully saturated rings. The molecule has 0 aromatic heterocycles. The zero-order valence-electron chi connectivity index (χ0n) is 11.5. The number of nitrogens with one attached hydrogen (secondary N) is 1. The highest BCUT2D eigenvalue weighted by atomic mass is 32.2. The number of nitrogens with two attached hydrogens (primary N) is 1. The molecule has 0 aliphatic rings. The van der Waals surface area contributed by atoms with E-state index in [2.05, 4.69) is 0 Å². The van der Waals surface area contributed by atoms with Crippen molar-refractivity contribution in [3.05, 3.63) is 29.8 Å². The Morgan fingerprint density at radius 3 is 2.65 bits per heavy atom. The van der Waals surface area contributed by atoms with Crippen LogP contribution in [0.1, 0.15) is 12.5 Å². The summed E-state index contributed by atoms with van der Waals surface area (Å²) in [5.41, 5.74) is 5.76. The van der Waals surface area contributed by atoms with Crippen LogP contribution in [0.15, 0.2) is 29.2 Å².